The third-order valence-corrected chi connectivity index (χ3v) is 5.45. The van der Waals surface area contributed by atoms with Crippen LogP contribution in [0.2, 0.25) is 10.0 Å². The van der Waals surface area contributed by atoms with Crippen molar-refractivity contribution in [1.29, 1.82) is 0 Å². The molecule has 3 rings (SSSR count). The topological polar surface area (TPSA) is 26.3 Å². The lowest BCUT2D eigenvalue weighted by molar-refractivity contribution is -0.171. The van der Waals surface area contributed by atoms with Gasteiger partial charge in [-0.1, -0.05) is 47.5 Å². The van der Waals surface area contributed by atoms with Crippen LogP contribution in [0.1, 0.15) is 42.9 Å². The molecule has 0 spiro atoms. The largest absolute Gasteiger partial charge is 0.456 e. The number of carbonyl (C=O) groups excluding carboxylic acids is 1. The van der Waals surface area contributed by atoms with Crippen LogP contribution < -0.4 is 0 Å². The zero-order valence-corrected chi connectivity index (χ0v) is 15.9. The Labute approximate surface area is 162 Å². The van der Waals surface area contributed by atoms with Crippen molar-refractivity contribution in [1.82, 2.24) is 0 Å². The van der Waals surface area contributed by atoms with Gasteiger partial charge in [-0.25, -0.2) is 4.39 Å². The monoisotopic (exact) mass is 392 g/mol. The molecule has 26 heavy (non-hydrogen) atoms. The molecule has 1 fully saturated rings. The van der Waals surface area contributed by atoms with Crippen LogP contribution in [0.5, 0.6) is 0 Å². The van der Waals surface area contributed by atoms with Gasteiger partial charge in [-0.05, 0) is 55.2 Å². The van der Waals surface area contributed by atoms with E-state index in [1.54, 1.807) is 18.2 Å². The van der Waals surface area contributed by atoms with E-state index in [2.05, 4.69) is 6.58 Å². The number of ether oxygens (including phenoxy) is 1. The maximum atomic E-state index is 14.0. The highest BCUT2D eigenvalue weighted by molar-refractivity contribution is 6.31. The minimum Gasteiger partial charge on any atom is -0.456 e. The van der Waals surface area contributed by atoms with Crippen LogP contribution in [-0.4, -0.2) is 5.97 Å². The minimum absolute atomic E-state index is 0.0340. The highest BCUT2D eigenvalue weighted by Gasteiger charge is 2.46. The van der Waals surface area contributed by atoms with Crippen molar-refractivity contribution in [3.05, 3.63) is 82.1 Å². The van der Waals surface area contributed by atoms with Gasteiger partial charge in [-0.15, -0.1) is 6.58 Å². The Bertz CT molecular complexity index is 852. The lowest BCUT2D eigenvalue weighted by atomic mass is 9.71. The van der Waals surface area contributed by atoms with E-state index < -0.39 is 17.3 Å². The predicted molar refractivity (Wildman–Crippen MR) is 102 cm³/mol. The normalized spacial score (nSPS) is 25.6. The third kappa shape index (κ3) is 3.65. The van der Waals surface area contributed by atoms with Crippen molar-refractivity contribution in [3.8, 4) is 0 Å². The number of rotatable bonds is 4. The molecule has 0 aliphatic carbocycles. The fraction of sp³-hybridized carbons (Fsp3) is 0.286. The standard InChI is InChI=1S/C21H19Cl2FO2/c1-3-9-21(2)12-16(13-5-4-6-15(22)10-13)19(26-20(21)25)14-7-8-17(23)18(24)11-14/h3-8,10-11,16,19H,1,9,12H2,2H3. The van der Waals surface area contributed by atoms with E-state index >= 15 is 0 Å². The smallest absolute Gasteiger partial charge is 0.312 e. The molecule has 3 atom stereocenters. The van der Waals surface area contributed by atoms with Crippen LogP contribution in [0.3, 0.4) is 0 Å². The Balaban J connectivity index is 2.06. The molecule has 1 aliphatic heterocycles. The van der Waals surface area contributed by atoms with Gasteiger partial charge in [-0.3, -0.25) is 4.79 Å². The van der Waals surface area contributed by atoms with Gasteiger partial charge < -0.3 is 4.74 Å². The maximum absolute atomic E-state index is 14.0. The summed E-state index contributed by atoms with van der Waals surface area (Å²) < 4.78 is 19.8. The molecule has 3 unspecified atom stereocenters. The fourth-order valence-electron chi connectivity index (χ4n) is 3.52. The number of hydrogen-bond acceptors (Lipinski definition) is 2. The fourth-order valence-corrected chi connectivity index (χ4v) is 3.84. The molecule has 0 bridgehead atoms. The molecule has 1 aliphatic rings. The molecule has 136 valence electrons. The third-order valence-electron chi connectivity index (χ3n) is 4.91. The first kappa shape index (κ1) is 18.9. The zero-order chi connectivity index (χ0) is 18.9. The molecule has 5 heteroatoms. The summed E-state index contributed by atoms with van der Waals surface area (Å²) in [6, 6.07) is 12.0. The summed E-state index contributed by atoms with van der Waals surface area (Å²) in [6.07, 6.45) is 2.17. The first-order valence-corrected chi connectivity index (χ1v) is 9.12. The van der Waals surface area contributed by atoms with E-state index in [1.807, 2.05) is 25.1 Å². The SMILES string of the molecule is C=CCC1(C)CC(c2cccc(Cl)c2)C(c2ccc(Cl)c(F)c2)OC1=O. The van der Waals surface area contributed by atoms with Crippen molar-refractivity contribution >= 4 is 29.2 Å². The number of cyclic esters (lactones) is 1. The lowest BCUT2D eigenvalue weighted by Gasteiger charge is -2.41. The summed E-state index contributed by atoms with van der Waals surface area (Å²) in [6.45, 7) is 5.62. The number of benzene rings is 2. The van der Waals surface area contributed by atoms with Crippen molar-refractivity contribution in [2.45, 2.75) is 31.8 Å². The maximum Gasteiger partial charge on any atom is 0.312 e. The Hall–Kier alpha value is -1.84. The highest BCUT2D eigenvalue weighted by atomic mass is 35.5. The second-order valence-corrected chi connectivity index (χ2v) is 7.76. The molecule has 1 heterocycles. The summed E-state index contributed by atoms with van der Waals surface area (Å²) in [4.78, 5) is 12.7. The van der Waals surface area contributed by atoms with Crippen LogP contribution >= 0.6 is 23.2 Å². The Morgan fingerprint density at radius 1 is 1.27 bits per heavy atom. The first-order valence-electron chi connectivity index (χ1n) is 8.36. The number of esters is 1. The van der Waals surface area contributed by atoms with E-state index in [4.69, 9.17) is 27.9 Å². The van der Waals surface area contributed by atoms with Crippen molar-refractivity contribution < 1.29 is 13.9 Å². The zero-order valence-electron chi connectivity index (χ0n) is 14.3. The Kier molecular flexibility index (Phi) is 5.40. The second kappa shape index (κ2) is 7.42. The average Bonchev–Trinajstić information content (AvgIpc) is 2.60. The summed E-state index contributed by atoms with van der Waals surface area (Å²) in [5, 5.41) is 0.637. The lowest BCUT2D eigenvalue weighted by Crippen LogP contribution is -2.39. The molecule has 0 saturated carbocycles. The molecule has 2 aromatic rings. The van der Waals surface area contributed by atoms with Gasteiger partial charge in [0.2, 0.25) is 0 Å². The Morgan fingerprint density at radius 3 is 2.69 bits per heavy atom. The number of halogens is 3. The quantitative estimate of drug-likeness (QED) is 0.439. The van der Waals surface area contributed by atoms with Gasteiger partial charge in [0.25, 0.3) is 0 Å². The van der Waals surface area contributed by atoms with Crippen LogP contribution in [0.15, 0.2) is 55.1 Å². The summed E-state index contributed by atoms with van der Waals surface area (Å²) in [5.74, 6) is -1.00. The van der Waals surface area contributed by atoms with E-state index in [0.29, 0.717) is 23.4 Å². The molecule has 0 radical (unpaired) electrons. The van der Waals surface area contributed by atoms with Crippen LogP contribution in [0.25, 0.3) is 0 Å². The predicted octanol–water partition coefficient (Wildman–Crippen LogP) is 6.49. The van der Waals surface area contributed by atoms with E-state index in [0.717, 1.165) is 5.56 Å². The molecular weight excluding hydrogens is 374 g/mol. The van der Waals surface area contributed by atoms with Crippen LogP contribution in [0, 0.1) is 11.2 Å². The van der Waals surface area contributed by atoms with Crippen molar-refractivity contribution in [2.24, 2.45) is 5.41 Å². The first-order chi connectivity index (χ1) is 12.3. The molecule has 2 nitrogen and oxygen atoms in total. The summed E-state index contributed by atoms with van der Waals surface area (Å²) in [7, 11) is 0. The van der Waals surface area contributed by atoms with Gasteiger partial charge in [0.05, 0.1) is 10.4 Å². The van der Waals surface area contributed by atoms with E-state index in [-0.39, 0.29) is 16.9 Å². The average molecular weight is 393 g/mol. The number of carbonyl (C=O) groups is 1. The molecular formula is C21H19Cl2FO2. The summed E-state index contributed by atoms with van der Waals surface area (Å²) >= 11 is 12.0. The van der Waals surface area contributed by atoms with Gasteiger partial charge in [-0.2, -0.15) is 0 Å². The summed E-state index contributed by atoms with van der Waals surface area (Å²) in [5.41, 5.74) is 0.836. The van der Waals surface area contributed by atoms with Gasteiger partial charge in [0, 0.05) is 10.9 Å². The minimum atomic E-state index is -0.684. The van der Waals surface area contributed by atoms with E-state index in [1.165, 1.54) is 12.1 Å². The van der Waals surface area contributed by atoms with E-state index in [9.17, 15) is 9.18 Å². The Morgan fingerprint density at radius 2 is 2.04 bits per heavy atom. The molecule has 0 amide bonds. The van der Waals surface area contributed by atoms with Crippen molar-refractivity contribution in [3.63, 3.8) is 0 Å². The van der Waals surface area contributed by atoms with Gasteiger partial charge in [0.15, 0.2) is 0 Å². The molecule has 2 aromatic carbocycles. The molecule has 0 N–H and O–H groups in total. The van der Waals surface area contributed by atoms with Crippen LogP contribution in [-0.2, 0) is 9.53 Å². The molecule has 1 saturated heterocycles. The van der Waals surface area contributed by atoms with Crippen molar-refractivity contribution in [2.75, 3.05) is 0 Å². The van der Waals surface area contributed by atoms with Gasteiger partial charge >= 0.3 is 5.97 Å². The highest BCUT2D eigenvalue weighted by Crippen LogP contribution is 2.49. The number of allylic oxidation sites excluding steroid dienone is 1. The molecule has 0 aromatic heterocycles. The second-order valence-electron chi connectivity index (χ2n) is 6.92. The van der Waals surface area contributed by atoms with Crippen LogP contribution in [0.4, 0.5) is 4.39 Å². The number of hydrogen-bond donors (Lipinski definition) is 0. The van der Waals surface area contributed by atoms with Gasteiger partial charge in [0.1, 0.15) is 11.9 Å².